The number of fused-ring (bicyclic) bond motifs is 5. The van der Waals surface area contributed by atoms with Crippen LogP contribution in [0.15, 0.2) is 12.2 Å². The molecule has 0 spiro atoms. The Morgan fingerprint density at radius 3 is 2.88 bits per heavy atom. The lowest BCUT2D eigenvalue weighted by molar-refractivity contribution is -0.117. The summed E-state index contributed by atoms with van der Waals surface area (Å²) in [7, 11) is 0. The molecule has 0 amide bonds. The Morgan fingerprint density at radius 2 is 2.18 bits per heavy atom. The number of hydrogen-bond donors (Lipinski definition) is 0. The zero-order valence-electron chi connectivity index (χ0n) is 10.1. The Hall–Kier alpha value is -0.570. The number of carbonyl (C=O) groups excluding carboxylic acids is 2. The maximum Gasteiger partial charge on any atom is 0.189 e. The summed E-state index contributed by atoms with van der Waals surface area (Å²) in [6, 6.07) is 0. The largest absolute Gasteiger partial charge is 0.295 e. The molecule has 2 saturated carbocycles. The zero-order valence-corrected chi connectivity index (χ0v) is 11.0. The summed E-state index contributed by atoms with van der Waals surface area (Å²) in [5, 5.41) is 0.908. The highest BCUT2D eigenvalue weighted by atomic mass is 32.2. The minimum atomic E-state index is 0.216. The van der Waals surface area contributed by atoms with E-state index in [0.717, 1.165) is 6.42 Å². The summed E-state index contributed by atoms with van der Waals surface area (Å²) in [6.07, 6.45) is 3.87. The summed E-state index contributed by atoms with van der Waals surface area (Å²) < 4.78 is 0. The Labute approximate surface area is 106 Å². The molecule has 3 heteroatoms. The third kappa shape index (κ3) is 1.79. The van der Waals surface area contributed by atoms with Gasteiger partial charge in [-0.25, -0.2) is 0 Å². The van der Waals surface area contributed by atoms with Gasteiger partial charge in [-0.15, -0.1) is 0 Å². The van der Waals surface area contributed by atoms with Gasteiger partial charge in [-0.1, -0.05) is 18.3 Å². The average molecular weight is 250 g/mol. The van der Waals surface area contributed by atoms with Gasteiger partial charge in [0.15, 0.2) is 10.9 Å². The summed E-state index contributed by atoms with van der Waals surface area (Å²) >= 11 is 1.57. The summed E-state index contributed by atoms with van der Waals surface area (Å²) in [6.45, 7) is 5.53. The van der Waals surface area contributed by atoms with E-state index < -0.39 is 0 Å². The fourth-order valence-electron chi connectivity index (χ4n) is 4.04. The van der Waals surface area contributed by atoms with E-state index in [9.17, 15) is 9.59 Å². The van der Waals surface area contributed by atoms with Crippen LogP contribution in [0.25, 0.3) is 0 Å². The van der Waals surface area contributed by atoms with Crippen LogP contribution in [0.2, 0.25) is 0 Å². The van der Waals surface area contributed by atoms with Crippen LogP contribution in [-0.4, -0.2) is 16.1 Å². The molecule has 92 valence electrons. The molecule has 2 bridgehead atoms. The molecular formula is C14H18O2S. The number of thioether (sulfide) groups is 1. The van der Waals surface area contributed by atoms with Crippen molar-refractivity contribution in [2.45, 2.75) is 37.9 Å². The number of ketones is 1. The van der Waals surface area contributed by atoms with Gasteiger partial charge in [-0.2, -0.15) is 0 Å². The molecule has 5 unspecified atom stereocenters. The predicted molar refractivity (Wildman–Crippen MR) is 68.6 cm³/mol. The zero-order chi connectivity index (χ0) is 12.2. The van der Waals surface area contributed by atoms with Crippen molar-refractivity contribution < 1.29 is 9.59 Å². The van der Waals surface area contributed by atoms with Gasteiger partial charge >= 0.3 is 0 Å². The normalized spacial score (nSPS) is 42.9. The standard InChI is InChI=1S/C14H18O2S/c1-7(2)12(15)5-9-3-8-4-10(9)14-11(8)6-13(16)17-14/h8-11,14H,1,3-6H2,2H3. The molecule has 1 heterocycles. The monoisotopic (exact) mass is 250 g/mol. The lowest BCUT2D eigenvalue weighted by atomic mass is 9.78. The maximum atomic E-state index is 11.8. The molecule has 0 radical (unpaired) electrons. The molecule has 17 heavy (non-hydrogen) atoms. The first-order valence-electron chi connectivity index (χ1n) is 6.44. The molecule has 3 aliphatic rings. The molecule has 5 atom stereocenters. The van der Waals surface area contributed by atoms with Crippen molar-refractivity contribution in [1.82, 2.24) is 0 Å². The highest BCUT2D eigenvalue weighted by Crippen LogP contribution is 2.61. The summed E-state index contributed by atoms with van der Waals surface area (Å²) in [4.78, 5) is 23.3. The number of Topliss-reactive ketones (excluding diaryl/α,β-unsaturated/α-hetero) is 1. The third-order valence-corrected chi connectivity index (χ3v) is 6.23. The number of carbonyl (C=O) groups is 2. The number of rotatable bonds is 3. The van der Waals surface area contributed by atoms with Crippen LogP contribution < -0.4 is 0 Å². The summed E-state index contributed by atoms with van der Waals surface area (Å²) in [5.74, 6) is 2.70. The van der Waals surface area contributed by atoms with Crippen LogP contribution in [0.1, 0.15) is 32.6 Å². The van der Waals surface area contributed by atoms with E-state index in [1.807, 2.05) is 0 Å². The van der Waals surface area contributed by atoms with E-state index in [4.69, 9.17) is 0 Å². The topological polar surface area (TPSA) is 34.1 Å². The van der Waals surface area contributed by atoms with Crippen LogP contribution in [0.3, 0.4) is 0 Å². The van der Waals surface area contributed by atoms with Gasteiger partial charge < -0.3 is 0 Å². The van der Waals surface area contributed by atoms with Gasteiger partial charge in [0.05, 0.1) is 0 Å². The Bertz CT molecular complexity index is 401. The minimum absolute atomic E-state index is 0.216. The molecule has 3 fully saturated rings. The van der Waals surface area contributed by atoms with Gasteiger partial charge in [-0.3, -0.25) is 9.59 Å². The van der Waals surface area contributed by atoms with E-state index in [2.05, 4.69) is 6.58 Å². The Kier molecular flexibility index (Phi) is 2.69. The van der Waals surface area contributed by atoms with Gasteiger partial charge in [0.1, 0.15) is 0 Å². The predicted octanol–water partition coefficient (Wildman–Crippen LogP) is 2.83. The Morgan fingerprint density at radius 1 is 1.41 bits per heavy atom. The van der Waals surface area contributed by atoms with Crippen molar-refractivity contribution in [3.63, 3.8) is 0 Å². The fourth-order valence-corrected chi connectivity index (χ4v) is 5.63. The lowest BCUT2D eigenvalue weighted by Crippen LogP contribution is -2.28. The second kappa shape index (κ2) is 3.98. The third-order valence-electron chi connectivity index (χ3n) is 4.83. The van der Waals surface area contributed by atoms with E-state index in [1.54, 1.807) is 18.7 Å². The first kappa shape index (κ1) is 11.5. The Balaban J connectivity index is 1.70. The van der Waals surface area contributed by atoms with Crippen LogP contribution in [0.4, 0.5) is 0 Å². The van der Waals surface area contributed by atoms with Gasteiger partial charge in [-0.05, 0) is 49.0 Å². The minimum Gasteiger partial charge on any atom is -0.295 e. The second-order valence-electron chi connectivity index (χ2n) is 5.89. The molecule has 0 N–H and O–H groups in total. The number of hydrogen-bond acceptors (Lipinski definition) is 3. The number of allylic oxidation sites excluding steroid dienone is 1. The van der Waals surface area contributed by atoms with Crippen molar-refractivity contribution >= 4 is 22.7 Å². The first-order chi connectivity index (χ1) is 8.06. The smallest absolute Gasteiger partial charge is 0.189 e. The van der Waals surface area contributed by atoms with Gasteiger partial charge in [0, 0.05) is 18.1 Å². The van der Waals surface area contributed by atoms with E-state index >= 15 is 0 Å². The molecule has 1 saturated heterocycles. The molecule has 2 aliphatic carbocycles. The molecule has 2 nitrogen and oxygen atoms in total. The van der Waals surface area contributed by atoms with Crippen molar-refractivity contribution in [2.24, 2.45) is 23.7 Å². The maximum absolute atomic E-state index is 11.8. The average Bonchev–Trinajstić information content (AvgIpc) is 2.87. The SMILES string of the molecule is C=C(C)C(=O)CC1CC2CC1C1SC(=O)CC21. The van der Waals surface area contributed by atoms with E-state index in [1.165, 1.54) is 12.8 Å². The van der Waals surface area contributed by atoms with E-state index in [0.29, 0.717) is 46.0 Å². The lowest BCUT2D eigenvalue weighted by Gasteiger charge is -2.29. The molecule has 3 rings (SSSR count). The quantitative estimate of drug-likeness (QED) is 0.722. The molecule has 0 aromatic carbocycles. The van der Waals surface area contributed by atoms with Gasteiger partial charge in [0.25, 0.3) is 0 Å². The molecule has 0 aromatic heterocycles. The summed E-state index contributed by atoms with van der Waals surface area (Å²) in [5.41, 5.74) is 0.680. The van der Waals surface area contributed by atoms with Crippen LogP contribution in [0, 0.1) is 23.7 Å². The highest BCUT2D eigenvalue weighted by Gasteiger charge is 2.56. The molecule has 1 aliphatic heterocycles. The van der Waals surface area contributed by atoms with Crippen LogP contribution >= 0.6 is 11.8 Å². The molecule has 0 aromatic rings. The first-order valence-corrected chi connectivity index (χ1v) is 7.32. The van der Waals surface area contributed by atoms with Crippen LogP contribution in [-0.2, 0) is 9.59 Å². The van der Waals surface area contributed by atoms with Crippen molar-refractivity contribution in [1.29, 1.82) is 0 Å². The van der Waals surface area contributed by atoms with Crippen molar-refractivity contribution in [3.8, 4) is 0 Å². The van der Waals surface area contributed by atoms with Crippen LogP contribution in [0.5, 0.6) is 0 Å². The van der Waals surface area contributed by atoms with E-state index in [-0.39, 0.29) is 5.78 Å². The fraction of sp³-hybridized carbons (Fsp3) is 0.714. The van der Waals surface area contributed by atoms with Crippen molar-refractivity contribution in [3.05, 3.63) is 12.2 Å². The van der Waals surface area contributed by atoms with Crippen molar-refractivity contribution in [2.75, 3.05) is 0 Å². The second-order valence-corrected chi connectivity index (χ2v) is 7.12. The van der Waals surface area contributed by atoms with Gasteiger partial charge in [0.2, 0.25) is 0 Å². The highest BCUT2D eigenvalue weighted by molar-refractivity contribution is 8.14. The molecular weight excluding hydrogens is 232 g/mol.